The van der Waals surface area contributed by atoms with E-state index in [1.165, 1.54) is 0 Å². The summed E-state index contributed by atoms with van der Waals surface area (Å²) in [5.41, 5.74) is 0.0493. The minimum absolute atomic E-state index is 0.0493. The van der Waals surface area contributed by atoms with Gasteiger partial charge in [0, 0.05) is 18.1 Å². The van der Waals surface area contributed by atoms with E-state index in [1.807, 2.05) is 0 Å². The van der Waals surface area contributed by atoms with Gasteiger partial charge in [-0.25, -0.2) is 0 Å². The number of hydrogen-bond donors (Lipinski definition) is 1. The van der Waals surface area contributed by atoms with Crippen LogP contribution in [0.1, 0.15) is 47.0 Å². The molecule has 0 aromatic carbocycles. The molecule has 1 aliphatic rings. The Kier molecular flexibility index (Phi) is 5.22. The Balaban J connectivity index is 2.69. The van der Waals surface area contributed by atoms with Crippen molar-refractivity contribution in [1.29, 1.82) is 0 Å². The number of aliphatic hydroxyl groups excluding tert-OH is 1. The first kappa shape index (κ1) is 13.9. The lowest BCUT2D eigenvalue weighted by Crippen LogP contribution is -2.59. The molecule has 0 bridgehead atoms. The maximum atomic E-state index is 10.2. The summed E-state index contributed by atoms with van der Waals surface area (Å²) in [5, 5.41) is 10.2. The highest BCUT2D eigenvalue weighted by molar-refractivity contribution is 4.91. The molecule has 2 unspecified atom stereocenters. The predicted octanol–water partition coefficient (Wildman–Crippen LogP) is 2.04. The van der Waals surface area contributed by atoms with Crippen molar-refractivity contribution in [1.82, 2.24) is 4.90 Å². The van der Waals surface area contributed by atoms with Gasteiger partial charge < -0.3 is 9.84 Å². The second-order valence-electron chi connectivity index (χ2n) is 5.39. The third kappa shape index (κ3) is 3.19. The lowest BCUT2D eigenvalue weighted by atomic mass is 9.94. The molecule has 1 fully saturated rings. The molecule has 0 aromatic heterocycles. The summed E-state index contributed by atoms with van der Waals surface area (Å²) >= 11 is 0. The lowest BCUT2D eigenvalue weighted by Gasteiger charge is -2.47. The first-order chi connectivity index (χ1) is 7.53. The van der Waals surface area contributed by atoms with Crippen molar-refractivity contribution in [3.8, 4) is 0 Å². The van der Waals surface area contributed by atoms with Crippen molar-refractivity contribution in [2.45, 2.75) is 64.6 Å². The zero-order chi connectivity index (χ0) is 12.2. The molecule has 16 heavy (non-hydrogen) atoms. The van der Waals surface area contributed by atoms with Gasteiger partial charge in [-0.15, -0.1) is 0 Å². The highest BCUT2D eigenvalue weighted by Gasteiger charge is 2.37. The van der Waals surface area contributed by atoms with Crippen molar-refractivity contribution in [3.05, 3.63) is 0 Å². The first-order valence-electron chi connectivity index (χ1n) is 6.55. The van der Waals surface area contributed by atoms with E-state index in [-0.39, 0.29) is 17.7 Å². The minimum Gasteiger partial charge on any atom is -0.391 e. The fourth-order valence-electron chi connectivity index (χ4n) is 2.67. The van der Waals surface area contributed by atoms with Crippen molar-refractivity contribution in [3.63, 3.8) is 0 Å². The molecule has 1 rings (SSSR count). The van der Waals surface area contributed by atoms with Gasteiger partial charge in [-0.1, -0.05) is 20.3 Å². The molecule has 1 N–H and O–H groups in total. The minimum atomic E-state index is -0.202. The Morgan fingerprint density at radius 3 is 2.56 bits per heavy atom. The summed E-state index contributed by atoms with van der Waals surface area (Å²) in [7, 11) is 0. The van der Waals surface area contributed by atoms with Gasteiger partial charge in [-0.05, 0) is 26.7 Å². The van der Waals surface area contributed by atoms with Gasteiger partial charge in [0.05, 0.1) is 19.3 Å². The SMILES string of the molecule is CCCC(O)C(CC)N1CCOCC1(C)C. The number of hydrogen-bond acceptors (Lipinski definition) is 3. The highest BCUT2D eigenvalue weighted by Crippen LogP contribution is 2.26. The molecule has 2 atom stereocenters. The Hall–Kier alpha value is -0.120. The average Bonchev–Trinajstić information content (AvgIpc) is 2.21. The lowest BCUT2D eigenvalue weighted by molar-refractivity contribution is -0.0980. The summed E-state index contributed by atoms with van der Waals surface area (Å²) in [4.78, 5) is 2.43. The first-order valence-corrected chi connectivity index (χ1v) is 6.55. The molecular formula is C13H27NO2. The largest absolute Gasteiger partial charge is 0.391 e. The topological polar surface area (TPSA) is 32.7 Å². The van der Waals surface area contributed by atoms with E-state index in [1.54, 1.807) is 0 Å². The molecule has 96 valence electrons. The fraction of sp³-hybridized carbons (Fsp3) is 1.00. The van der Waals surface area contributed by atoms with E-state index in [9.17, 15) is 5.11 Å². The smallest absolute Gasteiger partial charge is 0.0695 e. The van der Waals surface area contributed by atoms with Gasteiger partial charge >= 0.3 is 0 Å². The molecule has 0 saturated carbocycles. The summed E-state index contributed by atoms with van der Waals surface area (Å²) in [6.45, 7) is 11.2. The third-order valence-electron chi connectivity index (χ3n) is 3.56. The molecule has 3 heteroatoms. The van der Waals surface area contributed by atoms with Crippen LogP contribution in [-0.4, -0.2) is 47.4 Å². The van der Waals surface area contributed by atoms with Crippen LogP contribution in [0.5, 0.6) is 0 Å². The zero-order valence-corrected chi connectivity index (χ0v) is 11.2. The molecule has 1 heterocycles. The van der Waals surface area contributed by atoms with E-state index < -0.39 is 0 Å². The molecule has 0 aliphatic carbocycles. The molecule has 0 aromatic rings. The van der Waals surface area contributed by atoms with Crippen LogP contribution in [0, 0.1) is 0 Å². The maximum Gasteiger partial charge on any atom is 0.0695 e. The molecule has 0 amide bonds. The van der Waals surface area contributed by atoms with Crippen LogP contribution in [0.15, 0.2) is 0 Å². The van der Waals surface area contributed by atoms with Crippen LogP contribution in [0.3, 0.4) is 0 Å². The number of ether oxygens (including phenoxy) is 1. The van der Waals surface area contributed by atoms with Crippen molar-refractivity contribution < 1.29 is 9.84 Å². The quantitative estimate of drug-likeness (QED) is 0.783. The Morgan fingerprint density at radius 1 is 1.38 bits per heavy atom. The fourth-order valence-corrected chi connectivity index (χ4v) is 2.67. The molecule has 0 radical (unpaired) electrons. The number of nitrogens with zero attached hydrogens (tertiary/aromatic N) is 1. The summed E-state index contributed by atoms with van der Waals surface area (Å²) in [6, 6.07) is 0.277. The molecule has 0 spiro atoms. The average molecular weight is 229 g/mol. The van der Waals surface area contributed by atoms with Crippen LogP contribution in [0.25, 0.3) is 0 Å². The second kappa shape index (κ2) is 5.99. The maximum absolute atomic E-state index is 10.2. The van der Waals surface area contributed by atoms with Crippen molar-refractivity contribution >= 4 is 0 Å². The Morgan fingerprint density at radius 2 is 2.06 bits per heavy atom. The summed E-state index contributed by atoms with van der Waals surface area (Å²) < 4.78 is 5.53. The van der Waals surface area contributed by atoms with Crippen molar-refractivity contribution in [2.75, 3.05) is 19.8 Å². The van der Waals surface area contributed by atoms with Gasteiger partial charge in [0.2, 0.25) is 0 Å². The summed E-state index contributed by atoms with van der Waals surface area (Å²) in [5.74, 6) is 0. The predicted molar refractivity (Wildman–Crippen MR) is 66.6 cm³/mol. The van der Waals surface area contributed by atoms with Gasteiger partial charge in [-0.3, -0.25) is 4.90 Å². The normalized spacial score (nSPS) is 25.3. The van der Waals surface area contributed by atoms with Gasteiger partial charge in [0.25, 0.3) is 0 Å². The van der Waals surface area contributed by atoms with Gasteiger partial charge in [0.1, 0.15) is 0 Å². The molecule has 3 nitrogen and oxygen atoms in total. The molecular weight excluding hydrogens is 202 g/mol. The standard InChI is InChI=1S/C13H27NO2/c1-5-7-12(15)11(6-2)14-8-9-16-10-13(14,3)4/h11-12,15H,5-10H2,1-4H3. The van der Waals surface area contributed by atoms with Crippen LogP contribution in [0.4, 0.5) is 0 Å². The van der Waals surface area contributed by atoms with E-state index in [2.05, 4.69) is 32.6 Å². The van der Waals surface area contributed by atoms with E-state index in [0.29, 0.717) is 0 Å². The van der Waals surface area contributed by atoms with E-state index in [4.69, 9.17) is 4.74 Å². The monoisotopic (exact) mass is 229 g/mol. The number of aliphatic hydroxyl groups is 1. The Labute approximate surface area is 99.8 Å². The number of rotatable bonds is 5. The van der Waals surface area contributed by atoms with E-state index >= 15 is 0 Å². The molecule has 1 saturated heterocycles. The third-order valence-corrected chi connectivity index (χ3v) is 3.56. The van der Waals surface area contributed by atoms with Crippen LogP contribution >= 0.6 is 0 Å². The second-order valence-corrected chi connectivity index (χ2v) is 5.39. The van der Waals surface area contributed by atoms with Gasteiger partial charge in [0.15, 0.2) is 0 Å². The van der Waals surface area contributed by atoms with Crippen molar-refractivity contribution in [2.24, 2.45) is 0 Å². The van der Waals surface area contributed by atoms with Crippen LogP contribution in [-0.2, 0) is 4.74 Å². The van der Waals surface area contributed by atoms with Gasteiger partial charge in [-0.2, -0.15) is 0 Å². The zero-order valence-electron chi connectivity index (χ0n) is 11.2. The van der Waals surface area contributed by atoms with Crippen LogP contribution < -0.4 is 0 Å². The van der Waals surface area contributed by atoms with E-state index in [0.717, 1.165) is 39.0 Å². The summed E-state index contributed by atoms with van der Waals surface area (Å²) in [6.07, 6.45) is 2.74. The van der Waals surface area contributed by atoms with Crippen LogP contribution in [0.2, 0.25) is 0 Å². The number of morpholine rings is 1. The highest BCUT2D eigenvalue weighted by atomic mass is 16.5. The molecule has 1 aliphatic heterocycles. The Bertz CT molecular complexity index is 206.